The Labute approximate surface area is 184 Å². The van der Waals surface area contributed by atoms with Crippen LogP contribution in [0.3, 0.4) is 0 Å². The Morgan fingerprint density at radius 2 is 1.94 bits per heavy atom. The van der Waals surface area contributed by atoms with Crippen molar-refractivity contribution in [3.63, 3.8) is 0 Å². The summed E-state index contributed by atoms with van der Waals surface area (Å²) in [5.74, 6) is 0.910. The highest BCUT2D eigenvalue weighted by Gasteiger charge is 2.48. The number of aryl methyl sites for hydroxylation is 1. The molecule has 4 rings (SSSR count). The maximum Gasteiger partial charge on any atom is 0.243 e. The van der Waals surface area contributed by atoms with Gasteiger partial charge in [0.25, 0.3) is 0 Å². The molecule has 1 saturated carbocycles. The number of sulfonamides is 1. The van der Waals surface area contributed by atoms with Gasteiger partial charge in [-0.15, -0.1) is 0 Å². The third kappa shape index (κ3) is 4.41. The lowest BCUT2D eigenvalue weighted by atomic mass is 9.81. The lowest BCUT2D eigenvalue weighted by Crippen LogP contribution is -2.44. The molecule has 168 valence electrons. The molecule has 0 unspecified atom stereocenters. The SMILES string of the molecule is CNC(=O)[C@@]1(Cc2cc(C3CCCCC3)no2)CCN(S(=O)(=O)c2ccc(C)cc2)C1. The van der Waals surface area contributed by atoms with Crippen LogP contribution in [0.4, 0.5) is 0 Å². The molecular weight excluding hydrogens is 414 g/mol. The standard InChI is InChI=1S/C23H31N3O4S/c1-17-8-10-20(11-9-17)31(28,29)26-13-12-23(16-26,22(27)24-2)15-19-14-21(25-30-19)18-6-4-3-5-7-18/h8-11,14,18H,3-7,12-13,15-16H2,1-2H3,(H,24,27)/t23-/m1/s1. The molecule has 0 bridgehead atoms. The van der Waals surface area contributed by atoms with Crippen LogP contribution in [0, 0.1) is 12.3 Å². The lowest BCUT2D eigenvalue weighted by Gasteiger charge is -2.26. The van der Waals surface area contributed by atoms with E-state index in [2.05, 4.69) is 10.5 Å². The number of nitrogens with one attached hydrogen (secondary N) is 1. The van der Waals surface area contributed by atoms with E-state index in [1.165, 1.54) is 23.6 Å². The Balaban J connectivity index is 1.55. The van der Waals surface area contributed by atoms with E-state index >= 15 is 0 Å². The van der Waals surface area contributed by atoms with Gasteiger partial charge >= 0.3 is 0 Å². The van der Waals surface area contributed by atoms with Crippen LogP contribution >= 0.6 is 0 Å². The largest absolute Gasteiger partial charge is 0.361 e. The van der Waals surface area contributed by atoms with Crippen LogP contribution in [0.15, 0.2) is 39.8 Å². The summed E-state index contributed by atoms with van der Waals surface area (Å²) in [6, 6.07) is 8.79. The molecule has 1 atom stereocenters. The number of carbonyl (C=O) groups is 1. The van der Waals surface area contributed by atoms with Crippen LogP contribution in [0.2, 0.25) is 0 Å². The number of amides is 1. The monoisotopic (exact) mass is 445 g/mol. The first kappa shape index (κ1) is 22.0. The van der Waals surface area contributed by atoms with Gasteiger partial charge in [0.15, 0.2) is 0 Å². The second-order valence-electron chi connectivity index (χ2n) is 8.99. The maximum atomic E-state index is 13.2. The predicted molar refractivity (Wildman–Crippen MR) is 117 cm³/mol. The highest BCUT2D eigenvalue weighted by molar-refractivity contribution is 7.89. The van der Waals surface area contributed by atoms with Crippen LogP contribution in [-0.4, -0.2) is 43.9 Å². The van der Waals surface area contributed by atoms with E-state index in [4.69, 9.17) is 4.52 Å². The first-order valence-electron chi connectivity index (χ1n) is 11.1. The van der Waals surface area contributed by atoms with Crippen molar-refractivity contribution in [2.45, 2.75) is 62.7 Å². The fraction of sp³-hybridized carbons (Fsp3) is 0.565. The number of hydrogen-bond donors (Lipinski definition) is 1. The minimum Gasteiger partial charge on any atom is -0.361 e. The van der Waals surface area contributed by atoms with Gasteiger partial charge in [-0.25, -0.2) is 8.42 Å². The van der Waals surface area contributed by atoms with Crippen molar-refractivity contribution in [3.05, 3.63) is 47.3 Å². The van der Waals surface area contributed by atoms with Gasteiger partial charge in [-0.1, -0.05) is 42.1 Å². The van der Waals surface area contributed by atoms with Gasteiger partial charge in [-0.05, 0) is 38.3 Å². The van der Waals surface area contributed by atoms with E-state index in [-0.39, 0.29) is 17.3 Å². The maximum absolute atomic E-state index is 13.2. The summed E-state index contributed by atoms with van der Waals surface area (Å²) in [6.45, 7) is 2.34. The average molecular weight is 446 g/mol. The lowest BCUT2D eigenvalue weighted by molar-refractivity contribution is -0.130. The quantitative estimate of drug-likeness (QED) is 0.736. The third-order valence-corrected chi connectivity index (χ3v) is 8.66. The summed E-state index contributed by atoms with van der Waals surface area (Å²) in [7, 11) is -2.07. The van der Waals surface area contributed by atoms with Crippen molar-refractivity contribution in [2.75, 3.05) is 20.1 Å². The van der Waals surface area contributed by atoms with E-state index in [1.807, 2.05) is 13.0 Å². The molecule has 7 nitrogen and oxygen atoms in total. The van der Waals surface area contributed by atoms with Gasteiger partial charge in [0.1, 0.15) is 5.76 Å². The zero-order valence-electron chi connectivity index (χ0n) is 18.3. The Hall–Kier alpha value is -2.19. The van der Waals surface area contributed by atoms with Crippen LogP contribution in [0.5, 0.6) is 0 Å². The van der Waals surface area contributed by atoms with E-state index < -0.39 is 15.4 Å². The van der Waals surface area contributed by atoms with Crippen LogP contribution in [-0.2, 0) is 21.2 Å². The van der Waals surface area contributed by atoms with Crippen molar-refractivity contribution in [2.24, 2.45) is 5.41 Å². The molecule has 0 radical (unpaired) electrons. The number of aromatic nitrogens is 1. The molecule has 1 aliphatic heterocycles. The molecule has 8 heteroatoms. The molecule has 2 fully saturated rings. The van der Waals surface area contributed by atoms with Crippen molar-refractivity contribution >= 4 is 15.9 Å². The zero-order valence-corrected chi connectivity index (χ0v) is 19.1. The molecule has 1 amide bonds. The summed E-state index contributed by atoms with van der Waals surface area (Å²) in [4.78, 5) is 13.2. The fourth-order valence-electron chi connectivity index (χ4n) is 4.91. The molecule has 1 aromatic carbocycles. The van der Waals surface area contributed by atoms with Gasteiger partial charge in [0, 0.05) is 38.5 Å². The smallest absolute Gasteiger partial charge is 0.243 e. The van der Waals surface area contributed by atoms with Gasteiger partial charge < -0.3 is 9.84 Å². The summed E-state index contributed by atoms with van der Waals surface area (Å²) in [5, 5.41) is 7.02. The second-order valence-corrected chi connectivity index (χ2v) is 10.9. The van der Waals surface area contributed by atoms with Gasteiger partial charge in [0.05, 0.1) is 16.0 Å². The first-order valence-corrected chi connectivity index (χ1v) is 12.5. The van der Waals surface area contributed by atoms with Crippen LogP contribution in [0.1, 0.15) is 61.5 Å². The zero-order chi connectivity index (χ0) is 22.1. The number of benzene rings is 1. The molecule has 2 aromatic rings. The Morgan fingerprint density at radius 3 is 2.61 bits per heavy atom. The van der Waals surface area contributed by atoms with Crippen molar-refractivity contribution in [1.82, 2.24) is 14.8 Å². The van der Waals surface area contributed by atoms with E-state index in [9.17, 15) is 13.2 Å². The van der Waals surface area contributed by atoms with Crippen LogP contribution < -0.4 is 5.32 Å². The summed E-state index contributed by atoms with van der Waals surface area (Å²) >= 11 is 0. The third-order valence-electron chi connectivity index (χ3n) is 6.80. The van der Waals surface area contributed by atoms with Crippen molar-refractivity contribution in [3.8, 4) is 0 Å². The summed E-state index contributed by atoms with van der Waals surface area (Å²) in [5.41, 5.74) is 1.10. The number of rotatable bonds is 6. The molecular formula is C23H31N3O4S. The Kier molecular flexibility index (Phi) is 6.21. The first-order chi connectivity index (χ1) is 14.8. The van der Waals surface area contributed by atoms with Crippen LogP contribution in [0.25, 0.3) is 0 Å². The molecule has 1 aliphatic carbocycles. The highest BCUT2D eigenvalue weighted by atomic mass is 32.2. The predicted octanol–water partition coefficient (Wildman–Crippen LogP) is 3.40. The van der Waals surface area contributed by atoms with E-state index in [1.54, 1.807) is 31.3 Å². The molecule has 2 aliphatic rings. The van der Waals surface area contributed by atoms with Crippen molar-refractivity contribution < 1.29 is 17.7 Å². The second kappa shape index (κ2) is 8.74. The number of carbonyl (C=O) groups excluding carboxylic acids is 1. The highest BCUT2D eigenvalue weighted by Crippen LogP contribution is 2.39. The molecule has 1 N–H and O–H groups in total. The minimum atomic E-state index is -3.67. The van der Waals surface area contributed by atoms with Gasteiger partial charge in [0.2, 0.25) is 15.9 Å². The molecule has 0 spiro atoms. The fourth-order valence-corrected chi connectivity index (χ4v) is 6.44. The van der Waals surface area contributed by atoms with Crippen molar-refractivity contribution in [1.29, 1.82) is 0 Å². The Bertz CT molecular complexity index is 1030. The van der Waals surface area contributed by atoms with E-state index in [0.29, 0.717) is 31.1 Å². The molecule has 2 heterocycles. The molecule has 31 heavy (non-hydrogen) atoms. The van der Waals surface area contributed by atoms with E-state index in [0.717, 1.165) is 24.1 Å². The summed E-state index contributed by atoms with van der Waals surface area (Å²) in [6.07, 6.45) is 6.71. The summed E-state index contributed by atoms with van der Waals surface area (Å²) < 4.78 is 33.4. The van der Waals surface area contributed by atoms with Gasteiger partial charge in [-0.2, -0.15) is 4.31 Å². The molecule has 1 aromatic heterocycles. The Morgan fingerprint density at radius 1 is 1.23 bits per heavy atom. The minimum absolute atomic E-state index is 0.127. The normalized spacial score (nSPS) is 23.2. The average Bonchev–Trinajstić information content (AvgIpc) is 3.43. The molecule has 1 saturated heterocycles. The van der Waals surface area contributed by atoms with Gasteiger partial charge in [-0.3, -0.25) is 4.79 Å². The number of nitrogens with zero attached hydrogens (tertiary/aromatic N) is 2. The number of hydrogen-bond acceptors (Lipinski definition) is 5. The topological polar surface area (TPSA) is 92.5 Å².